The summed E-state index contributed by atoms with van der Waals surface area (Å²) in [4.78, 5) is 19.7. The van der Waals surface area contributed by atoms with Crippen LogP contribution in [0.15, 0.2) is 23.6 Å². The van der Waals surface area contributed by atoms with Crippen LogP contribution in [0.1, 0.15) is 23.3 Å². The summed E-state index contributed by atoms with van der Waals surface area (Å²) >= 11 is 3.07. The first kappa shape index (κ1) is 21.8. The highest BCUT2D eigenvalue weighted by atomic mass is 32.2. The molecule has 0 fully saturated rings. The molecule has 1 N–H and O–H groups in total. The predicted molar refractivity (Wildman–Crippen MR) is 128 cm³/mol. The predicted octanol–water partition coefficient (Wildman–Crippen LogP) is 3.97. The van der Waals surface area contributed by atoms with Crippen LogP contribution in [0, 0.1) is 0 Å². The van der Waals surface area contributed by atoms with Crippen molar-refractivity contribution >= 4 is 50.6 Å². The Kier molecular flexibility index (Phi) is 5.98. The van der Waals surface area contributed by atoms with E-state index >= 15 is 0 Å². The normalized spacial score (nSPS) is 13.2. The third-order valence-electron chi connectivity index (χ3n) is 5.61. The largest absolute Gasteiger partial charge is 0.493 e. The van der Waals surface area contributed by atoms with Crippen LogP contribution in [-0.2, 0) is 17.6 Å². The Labute approximate surface area is 198 Å². The lowest BCUT2D eigenvalue weighted by Crippen LogP contribution is -2.14. The number of anilines is 1. The number of amides is 1. The van der Waals surface area contributed by atoms with Gasteiger partial charge >= 0.3 is 0 Å². The van der Waals surface area contributed by atoms with Gasteiger partial charge in [0.15, 0.2) is 22.3 Å². The van der Waals surface area contributed by atoms with Crippen LogP contribution in [0.3, 0.4) is 0 Å². The molecule has 0 atom stereocenters. The molecule has 9 nitrogen and oxygen atoms in total. The second-order valence-electron chi connectivity index (χ2n) is 7.56. The second kappa shape index (κ2) is 9.06. The minimum atomic E-state index is -0.187. The maximum absolute atomic E-state index is 12.6. The van der Waals surface area contributed by atoms with E-state index in [1.807, 2.05) is 4.40 Å². The maximum Gasteiger partial charge on any atom is 0.234 e. The Morgan fingerprint density at radius 3 is 2.61 bits per heavy atom. The Balaban J connectivity index is 1.34. The molecule has 172 valence electrons. The van der Waals surface area contributed by atoms with Crippen molar-refractivity contribution in [1.29, 1.82) is 0 Å². The van der Waals surface area contributed by atoms with Gasteiger partial charge in [-0.05, 0) is 31.2 Å². The number of aromatic nitrogens is 4. The molecule has 0 unspecified atom stereocenters. The highest BCUT2D eigenvalue weighted by Crippen LogP contribution is 2.40. The fourth-order valence-corrected chi connectivity index (χ4v) is 6.04. The van der Waals surface area contributed by atoms with Crippen molar-refractivity contribution in [3.8, 4) is 17.2 Å². The monoisotopic (exact) mass is 485 g/mol. The molecule has 0 saturated heterocycles. The molecule has 1 aliphatic rings. The number of rotatable bonds is 7. The van der Waals surface area contributed by atoms with Crippen LogP contribution in [0.4, 0.5) is 5.69 Å². The van der Waals surface area contributed by atoms with E-state index in [1.54, 1.807) is 29.8 Å². The molecule has 4 aromatic rings. The number of hydrogen-bond acceptors (Lipinski definition) is 9. The van der Waals surface area contributed by atoms with E-state index in [0.717, 1.165) is 28.7 Å². The van der Waals surface area contributed by atoms with Gasteiger partial charge in [-0.1, -0.05) is 11.8 Å². The lowest BCUT2D eigenvalue weighted by Gasteiger charge is -2.14. The summed E-state index contributed by atoms with van der Waals surface area (Å²) in [5.41, 5.74) is 2.73. The number of carbonyl (C=O) groups excluding carboxylic acids is 1. The standard InChI is InChI=1S/C22H23N5O4S2/c1-29-14-8-12(9-15(30-2)19(14)31-3)24-17(28)10-32-22-26-25-20-18-13-6-4-5-7-16(13)33-21(18)23-11-27(20)22/h8-9,11H,4-7,10H2,1-3H3,(H,24,28). The van der Waals surface area contributed by atoms with E-state index in [2.05, 4.69) is 20.5 Å². The highest BCUT2D eigenvalue weighted by Gasteiger charge is 2.21. The SMILES string of the molecule is COc1cc(NC(=O)CSc2nnc3c4c5c(sc4ncn23)CCCC5)cc(OC)c1OC. The number of thiophene rings is 1. The van der Waals surface area contributed by atoms with E-state index in [4.69, 9.17) is 14.2 Å². The molecular formula is C22H23N5O4S2. The lowest BCUT2D eigenvalue weighted by molar-refractivity contribution is -0.113. The third kappa shape index (κ3) is 3.95. The summed E-state index contributed by atoms with van der Waals surface area (Å²) in [5, 5.41) is 13.4. The fourth-order valence-electron chi connectivity index (χ4n) is 4.11. The zero-order valence-electron chi connectivity index (χ0n) is 18.5. The van der Waals surface area contributed by atoms with E-state index < -0.39 is 0 Å². The summed E-state index contributed by atoms with van der Waals surface area (Å²) in [5.74, 6) is 1.39. The van der Waals surface area contributed by atoms with E-state index in [1.165, 1.54) is 56.4 Å². The van der Waals surface area contributed by atoms with Crippen LogP contribution in [0.5, 0.6) is 17.2 Å². The summed E-state index contributed by atoms with van der Waals surface area (Å²) in [6.45, 7) is 0. The molecule has 33 heavy (non-hydrogen) atoms. The minimum Gasteiger partial charge on any atom is -0.493 e. The Bertz CT molecular complexity index is 1320. The Hall–Kier alpha value is -3.05. The molecule has 0 aliphatic heterocycles. The van der Waals surface area contributed by atoms with Crippen LogP contribution >= 0.6 is 23.1 Å². The van der Waals surface area contributed by atoms with Crippen molar-refractivity contribution in [3.05, 3.63) is 28.9 Å². The summed E-state index contributed by atoms with van der Waals surface area (Å²) < 4.78 is 17.9. The molecular weight excluding hydrogens is 462 g/mol. The number of nitrogens with zero attached hydrogens (tertiary/aromatic N) is 4. The number of aryl methyl sites for hydroxylation is 2. The van der Waals surface area contributed by atoms with Crippen molar-refractivity contribution in [2.45, 2.75) is 30.8 Å². The zero-order valence-corrected chi connectivity index (χ0v) is 20.1. The average Bonchev–Trinajstić information content (AvgIpc) is 3.42. The first-order chi connectivity index (χ1) is 16.1. The molecule has 0 saturated carbocycles. The number of nitrogens with one attached hydrogen (secondary N) is 1. The van der Waals surface area contributed by atoms with Crippen molar-refractivity contribution in [3.63, 3.8) is 0 Å². The van der Waals surface area contributed by atoms with E-state index in [9.17, 15) is 4.79 Å². The smallest absolute Gasteiger partial charge is 0.234 e. The van der Waals surface area contributed by atoms with Gasteiger partial charge in [-0.15, -0.1) is 21.5 Å². The molecule has 0 radical (unpaired) electrons. The number of methoxy groups -OCH3 is 3. The molecule has 0 spiro atoms. The molecule has 1 amide bonds. The van der Waals surface area contributed by atoms with Gasteiger partial charge in [0.25, 0.3) is 0 Å². The molecule has 5 rings (SSSR count). The fraction of sp³-hybridized carbons (Fsp3) is 0.364. The quantitative estimate of drug-likeness (QED) is 0.393. The van der Waals surface area contributed by atoms with Gasteiger partial charge in [-0.25, -0.2) is 4.98 Å². The average molecular weight is 486 g/mol. The second-order valence-corrected chi connectivity index (χ2v) is 9.59. The number of carbonyl (C=O) groups is 1. The van der Waals surface area contributed by atoms with E-state index in [0.29, 0.717) is 28.1 Å². The van der Waals surface area contributed by atoms with Gasteiger partial charge in [0.2, 0.25) is 11.7 Å². The molecule has 1 aromatic carbocycles. The van der Waals surface area contributed by atoms with Crippen LogP contribution in [0.25, 0.3) is 15.9 Å². The van der Waals surface area contributed by atoms with Gasteiger partial charge in [0.05, 0.1) is 32.5 Å². The van der Waals surface area contributed by atoms with Crippen molar-refractivity contribution in [2.24, 2.45) is 0 Å². The van der Waals surface area contributed by atoms with Gasteiger partial charge in [0.1, 0.15) is 11.2 Å². The first-order valence-electron chi connectivity index (χ1n) is 10.5. The van der Waals surface area contributed by atoms with Crippen LogP contribution in [0.2, 0.25) is 0 Å². The van der Waals surface area contributed by atoms with Crippen LogP contribution < -0.4 is 19.5 Å². The van der Waals surface area contributed by atoms with Crippen molar-refractivity contribution < 1.29 is 19.0 Å². The molecule has 1 aliphatic carbocycles. The maximum atomic E-state index is 12.6. The van der Waals surface area contributed by atoms with Crippen molar-refractivity contribution in [1.82, 2.24) is 19.6 Å². The number of benzene rings is 1. The number of thioether (sulfide) groups is 1. The molecule has 11 heteroatoms. The summed E-state index contributed by atoms with van der Waals surface area (Å²) in [6.07, 6.45) is 6.34. The summed E-state index contributed by atoms with van der Waals surface area (Å²) in [6, 6.07) is 3.38. The minimum absolute atomic E-state index is 0.164. The molecule has 0 bridgehead atoms. The van der Waals surface area contributed by atoms with Gasteiger partial charge in [-0.2, -0.15) is 0 Å². The van der Waals surface area contributed by atoms with Crippen molar-refractivity contribution in [2.75, 3.05) is 32.4 Å². The topological polar surface area (TPSA) is 99.9 Å². The first-order valence-corrected chi connectivity index (χ1v) is 12.3. The Morgan fingerprint density at radius 1 is 1.12 bits per heavy atom. The molecule has 3 heterocycles. The Morgan fingerprint density at radius 2 is 1.88 bits per heavy atom. The molecule has 3 aromatic heterocycles. The number of fused-ring (bicyclic) bond motifs is 5. The number of ether oxygens (including phenoxy) is 3. The highest BCUT2D eigenvalue weighted by molar-refractivity contribution is 7.99. The lowest BCUT2D eigenvalue weighted by atomic mass is 9.97. The van der Waals surface area contributed by atoms with Crippen LogP contribution in [-0.4, -0.2) is 52.6 Å². The summed E-state index contributed by atoms with van der Waals surface area (Å²) in [7, 11) is 4.60. The number of hydrogen-bond donors (Lipinski definition) is 1. The zero-order chi connectivity index (χ0) is 22.9. The van der Waals surface area contributed by atoms with Gasteiger partial charge in [0, 0.05) is 22.7 Å². The van der Waals surface area contributed by atoms with Gasteiger partial charge in [-0.3, -0.25) is 9.20 Å². The van der Waals surface area contributed by atoms with Gasteiger partial charge < -0.3 is 19.5 Å². The third-order valence-corrected chi connectivity index (χ3v) is 7.76. The van der Waals surface area contributed by atoms with E-state index in [-0.39, 0.29) is 11.7 Å².